The van der Waals surface area contributed by atoms with Gasteiger partial charge in [0.15, 0.2) is 0 Å². The second-order valence-corrected chi connectivity index (χ2v) is 5.23. The number of esters is 1. The van der Waals surface area contributed by atoms with Crippen LogP contribution in [0.15, 0.2) is 36.0 Å². The second-order valence-electron chi connectivity index (χ2n) is 5.23. The number of likely N-dealkylation sites (N-methyl/N-ethyl adjacent to an activating group) is 1. The molecule has 0 atom stereocenters. The van der Waals surface area contributed by atoms with Gasteiger partial charge in [-0.15, -0.1) is 0 Å². The molecule has 110 valence electrons. The van der Waals surface area contributed by atoms with Crippen LogP contribution in [0.25, 0.3) is 0 Å². The van der Waals surface area contributed by atoms with E-state index in [9.17, 15) is 9.59 Å². The van der Waals surface area contributed by atoms with E-state index in [1.807, 2.05) is 4.90 Å². The van der Waals surface area contributed by atoms with Crippen molar-refractivity contribution in [3.8, 4) is 5.75 Å². The number of fused-ring (bicyclic) bond motifs is 1. The minimum Gasteiger partial charge on any atom is -0.422 e. The molecule has 0 bridgehead atoms. The van der Waals surface area contributed by atoms with Crippen molar-refractivity contribution in [2.75, 3.05) is 32.7 Å². The summed E-state index contributed by atoms with van der Waals surface area (Å²) >= 11 is 0. The highest BCUT2D eigenvalue weighted by molar-refractivity contribution is 6.27. The highest BCUT2D eigenvalue weighted by atomic mass is 16.5. The number of ketones is 1. The largest absolute Gasteiger partial charge is 0.422 e. The van der Waals surface area contributed by atoms with Crippen LogP contribution < -0.4 is 4.74 Å². The number of rotatable bonds is 2. The molecule has 0 amide bonds. The summed E-state index contributed by atoms with van der Waals surface area (Å²) in [4.78, 5) is 28.8. The van der Waals surface area contributed by atoms with Crippen molar-refractivity contribution in [1.82, 2.24) is 9.80 Å². The molecule has 21 heavy (non-hydrogen) atoms. The normalized spacial score (nSPS) is 21.4. The van der Waals surface area contributed by atoms with Crippen LogP contribution in [-0.4, -0.2) is 54.3 Å². The SMILES string of the molecule is CCN1CCN(C=C2C(=O)Oc3ccccc3C2=O)CC1. The maximum atomic E-state index is 12.4. The molecule has 1 aromatic carbocycles. The molecule has 2 aliphatic rings. The number of carbonyl (C=O) groups excluding carboxylic acids is 2. The van der Waals surface area contributed by atoms with Crippen LogP contribution in [0.1, 0.15) is 17.3 Å². The molecule has 0 radical (unpaired) electrons. The van der Waals surface area contributed by atoms with E-state index >= 15 is 0 Å². The van der Waals surface area contributed by atoms with Crippen LogP contribution in [0.3, 0.4) is 0 Å². The van der Waals surface area contributed by atoms with E-state index < -0.39 is 5.97 Å². The average Bonchev–Trinajstić information content (AvgIpc) is 2.52. The molecule has 3 rings (SSSR count). The molecule has 2 heterocycles. The predicted octanol–water partition coefficient (Wildman–Crippen LogP) is 1.31. The maximum Gasteiger partial charge on any atom is 0.349 e. The standard InChI is InChI=1S/C16H18N2O3/c1-2-17-7-9-18(10-8-17)11-13-15(19)12-5-3-4-6-14(12)21-16(13)20/h3-6,11H,2,7-10H2,1H3. The lowest BCUT2D eigenvalue weighted by Crippen LogP contribution is -2.44. The molecule has 0 aromatic heterocycles. The Balaban J connectivity index is 1.81. The number of ether oxygens (including phenoxy) is 1. The summed E-state index contributed by atoms with van der Waals surface area (Å²) in [7, 11) is 0. The first-order valence-electron chi connectivity index (χ1n) is 7.23. The minimum atomic E-state index is -0.559. The van der Waals surface area contributed by atoms with Gasteiger partial charge in [0.05, 0.1) is 5.56 Å². The fraction of sp³-hybridized carbons (Fsp3) is 0.375. The smallest absolute Gasteiger partial charge is 0.349 e. The van der Waals surface area contributed by atoms with Gasteiger partial charge in [-0.2, -0.15) is 0 Å². The zero-order valence-electron chi connectivity index (χ0n) is 12.0. The van der Waals surface area contributed by atoms with Gasteiger partial charge in [0.1, 0.15) is 11.3 Å². The number of piperazine rings is 1. The Hall–Kier alpha value is -2.14. The first kappa shape index (κ1) is 13.8. The summed E-state index contributed by atoms with van der Waals surface area (Å²) in [6, 6.07) is 6.85. The maximum absolute atomic E-state index is 12.4. The van der Waals surface area contributed by atoms with Gasteiger partial charge in [-0.1, -0.05) is 19.1 Å². The van der Waals surface area contributed by atoms with Gasteiger partial charge in [-0.3, -0.25) is 4.79 Å². The van der Waals surface area contributed by atoms with E-state index in [2.05, 4.69) is 11.8 Å². The van der Waals surface area contributed by atoms with Crippen molar-refractivity contribution in [3.63, 3.8) is 0 Å². The molecule has 0 spiro atoms. The van der Waals surface area contributed by atoms with Crippen molar-refractivity contribution < 1.29 is 14.3 Å². The quantitative estimate of drug-likeness (QED) is 0.355. The zero-order chi connectivity index (χ0) is 14.8. The summed E-state index contributed by atoms with van der Waals surface area (Å²) in [6.07, 6.45) is 1.66. The Morgan fingerprint density at radius 1 is 1.14 bits per heavy atom. The third-order valence-corrected chi connectivity index (χ3v) is 3.96. The highest BCUT2D eigenvalue weighted by Crippen LogP contribution is 2.27. The van der Waals surface area contributed by atoms with Crippen molar-refractivity contribution >= 4 is 11.8 Å². The van der Waals surface area contributed by atoms with Gasteiger partial charge in [0, 0.05) is 32.4 Å². The van der Waals surface area contributed by atoms with Gasteiger partial charge in [-0.05, 0) is 18.7 Å². The Bertz CT molecular complexity index is 601. The number of nitrogens with zero attached hydrogens (tertiary/aromatic N) is 2. The fourth-order valence-corrected chi connectivity index (χ4v) is 2.64. The number of benzene rings is 1. The van der Waals surface area contributed by atoms with Gasteiger partial charge in [0.2, 0.25) is 5.78 Å². The molecule has 0 aliphatic carbocycles. The molecule has 5 heteroatoms. The van der Waals surface area contributed by atoms with E-state index in [0.29, 0.717) is 11.3 Å². The number of carbonyl (C=O) groups is 2. The Morgan fingerprint density at radius 3 is 2.57 bits per heavy atom. The third-order valence-electron chi connectivity index (χ3n) is 3.96. The van der Waals surface area contributed by atoms with Crippen LogP contribution in [0.4, 0.5) is 0 Å². The summed E-state index contributed by atoms with van der Waals surface area (Å²) < 4.78 is 5.23. The molecule has 2 aliphatic heterocycles. The summed E-state index contributed by atoms with van der Waals surface area (Å²) in [5.41, 5.74) is 0.578. The third kappa shape index (κ3) is 2.69. The predicted molar refractivity (Wildman–Crippen MR) is 78.2 cm³/mol. The van der Waals surface area contributed by atoms with Crippen molar-refractivity contribution in [2.45, 2.75) is 6.92 Å². The minimum absolute atomic E-state index is 0.124. The van der Waals surface area contributed by atoms with Crippen molar-refractivity contribution in [2.24, 2.45) is 0 Å². The number of hydrogen-bond donors (Lipinski definition) is 0. The van der Waals surface area contributed by atoms with Crippen molar-refractivity contribution in [1.29, 1.82) is 0 Å². The number of para-hydroxylation sites is 1. The number of hydrogen-bond acceptors (Lipinski definition) is 5. The molecule has 1 saturated heterocycles. The Labute approximate surface area is 123 Å². The van der Waals surface area contributed by atoms with Gasteiger partial charge in [-0.25, -0.2) is 4.79 Å². The van der Waals surface area contributed by atoms with Crippen LogP contribution in [0.5, 0.6) is 5.75 Å². The lowest BCUT2D eigenvalue weighted by molar-refractivity contribution is -0.130. The topological polar surface area (TPSA) is 49.9 Å². The summed E-state index contributed by atoms with van der Waals surface area (Å²) in [5, 5.41) is 0. The van der Waals surface area contributed by atoms with Crippen LogP contribution >= 0.6 is 0 Å². The fourth-order valence-electron chi connectivity index (χ4n) is 2.64. The van der Waals surface area contributed by atoms with Gasteiger partial charge < -0.3 is 14.5 Å². The molecular formula is C16H18N2O3. The van der Waals surface area contributed by atoms with Crippen LogP contribution in [0, 0.1) is 0 Å². The second kappa shape index (κ2) is 5.69. The first-order valence-corrected chi connectivity index (χ1v) is 7.23. The average molecular weight is 286 g/mol. The van der Waals surface area contributed by atoms with E-state index in [1.54, 1.807) is 30.5 Å². The lowest BCUT2D eigenvalue weighted by atomic mass is 10.0. The van der Waals surface area contributed by atoms with E-state index in [1.165, 1.54) is 0 Å². The lowest BCUT2D eigenvalue weighted by Gasteiger charge is -2.33. The monoisotopic (exact) mass is 286 g/mol. The molecule has 0 unspecified atom stereocenters. The Kier molecular flexibility index (Phi) is 3.75. The molecule has 1 fully saturated rings. The molecule has 0 N–H and O–H groups in total. The van der Waals surface area contributed by atoms with Gasteiger partial charge in [0.25, 0.3) is 0 Å². The van der Waals surface area contributed by atoms with Crippen LogP contribution in [0.2, 0.25) is 0 Å². The van der Waals surface area contributed by atoms with Crippen molar-refractivity contribution in [3.05, 3.63) is 41.6 Å². The molecule has 1 aromatic rings. The summed E-state index contributed by atoms with van der Waals surface area (Å²) in [6.45, 7) is 6.69. The highest BCUT2D eigenvalue weighted by Gasteiger charge is 2.31. The van der Waals surface area contributed by atoms with Gasteiger partial charge >= 0.3 is 5.97 Å². The van der Waals surface area contributed by atoms with Crippen LogP contribution in [-0.2, 0) is 4.79 Å². The Morgan fingerprint density at radius 2 is 1.86 bits per heavy atom. The number of Topliss-reactive ketones (excluding diaryl/α,β-unsaturated/α-hetero) is 1. The zero-order valence-corrected chi connectivity index (χ0v) is 12.0. The van der Waals surface area contributed by atoms with E-state index in [0.717, 1.165) is 32.7 Å². The first-order chi connectivity index (χ1) is 10.2. The molecule has 5 nitrogen and oxygen atoms in total. The summed E-state index contributed by atoms with van der Waals surface area (Å²) in [5.74, 6) is -0.461. The molecule has 0 saturated carbocycles. The molecular weight excluding hydrogens is 268 g/mol. The van der Waals surface area contributed by atoms with E-state index in [-0.39, 0.29) is 11.4 Å². The van der Waals surface area contributed by atoms with E-state index in [4.69, 9.17) is 4.74 Å².